The molecule has 1 N–H and O–H groups in total. The molecule has 2 aliphatic rings. The molecular weight excluding hydrogens is 214 g/mol. The van der Waals surface area contributed by atoms with Crippen molar-refractivity contribution in [3.05, 3.63) is 0 Å². The summed E-state index contributed by atoms with van der Waals surface area (Å²) in [6.07, 6.45) is 2.56. The van der Waals surface area contributed by atoms with Crippen molar-refractivity contribution in [1.82, 2.24) is 15.1 Å². The van der Waals surface area contributed by atoms with Crippen LogP contribution in [0.5, 0.6) is 0 Å². The average Bonchev–Trinajstić information content (AvgIpc) is 2.74. The Morgan fingerprint density at radius 1 is 1.47 bits per heavy atom. The Hall–Kier alpha value is -0.610. The van der Waals surface area contributed by atoms with Gasteiger partial charge in [0.05, 0.1) is 0 Å². The molecule has 4 nitrogen and oxygen atoms in total. The predicted molar refractivity (Wildman–Crippen MR) is 68.9 cm³/mol. The highest BCUT2D eigenvalue weighted by Crippen LogP contribution is 2.25. The molecule has 0 radical (unpaired) electrons. The van der Waals surface area contributed by atoms with Gasteiger partial charge in [-0.15, -0.1) is 0 Å². The van der Waals surface area contributed by atoms with Crippen molar-refractivity contribution in [2.45, 2.75) is 38.8 Å². The molecule has 0 aromatic rings. The number of fused-ring (bicyclic) bond motifs is 1. The summed E-state index contributed by atoms with van der Waals surface area (Å²) in [5.74, 6) is 0.411. The number of nitrogens with one attached hydrogen (secondary N) is 1. The van der Waals surface area contributed by atoms with Crippen molar-refractivity contribution in [1.29, 1.82) is 0 Å². The lowest BCUT2D eigenvalue weighted by Crippen LogP contribution is -2.58. The Labute approximate surface area is 104 Å². The van der Waals surface area contributed by atoms with Gasteiger partial charge in [0.15, 0.2) is 0 Å². The molecule has 0 aliphatic carbocycles. The third-order valence-corrected chi connectivity index (χ3v) is 4.15. The number of carbonyl (C=O) groups excluding carboxylic acids is 1. The van der Waals surface area contributed by atoms with Crippen LogP contribution in [0.1, 0.15) is 26.7 Å². The fourth-order valence-electron chi connectivity index (χ4n) is 3.17. The summed E-state index contributed by atoms with van der Waals surface area (Å²) < 4.78 is 0. The first-order valence-electron chi connectivity index (χ1n) is 6.82. The average molecular weight is 239 g/mol. The zero-order chi connectivity index (χ0) is 12.4. The second-order valence-electron chi connectivity index (χ2n) is 5.59. The molecular formula is C13H25N3O. The maximum atomic E-state index is 12.4. The van der Waals surface area contributed by atoms with Crippen LogP contribution in [0, 0.1) is 5.92 Å². The van der Waals surface area contributed by atoms with Crippen LogP contribution < -0.4 is 5.32 Å². The van der Waals surface area contributed by atoms with Gasteiger partial charge in [-0.05, 0) is 33.4 Å². The van der Waals surface area contributed by atoms with Crippen LogP contribution in [0.3, 0.4) is 0 Å². The van der Waals surface area contributed by atoms with Crippen LogP contribution in [0.2, 0.25) is 0 Å². The highest BCUT2D eigenvalue weighted by atomic mass is 16.2. The molecule has 2 fully saturated rings. The Bertz CT molecular complexity index is 282. The maximum Gasteiger partial charge on any atom is 0.227 e. The van der Waals surface area contributed by atoms with Crippen molar-refractivity contribution < 1.29 is 4.79 Å². The van der Waals surface area contributed by atoms with Crippen molar-refractivity contribution in [2.75, 3.05) is 33.2 Å². The predicted octanol–water partition coefficient (Wildman–Crippen LogP) is 0.537. The van der Waals surface area contributed by atoms with E-state index in [1.807, 2.05) is 14.0 Å². The van der Waals surface area contributed by atoms with Crippen LogP contribution in [0.25, 0.3) is 0 Å². The summed E-state index contributed by atoms with van der Waals surface area (Å²) >= 11 is 0. The summed E-state index contributed by atoms with van der Waals surface area (Å²) in [5, 5.41) is 3.09. The first-order valence-corrected chi connectivity index (χ1v) is 6.82. The highest BCUT2D eigenvalue weighted by Gasteiger charge is 2.37. The zero-order valence-electron chi connectivity index (χ0n) is 11.3. The fraction of sp³-hybridized carbons (Fsp3) is 0.923. The Morgan fingerprint density at radius 2 is 2.24 bits per heavy atom. The molecule has 3 atom stereocenters. The third kappa shape index (κ3) is 2.63. The molecule has 1 amide bonds. The van der Waals surface area contributed by atoms with E-state index < -0.39 is 0 Å². The number of carbonyl (C=O) groups is 1. The molecule has 2 saturated heterocycles. The summed E-state index contributed by atoms with van der Waals surface area (Å²) in [6, 6.07) is 0.994. The third-order valence-electron chi connectivity index (χ3n) is 4.15. The van der Waals surface area contributed by atoms with Gasteiger partial charge < -0.3 is 10.2 Å². The minimum absolute atomic E-state index is 0.0930. The van der Waals surface area contributed by atoms with Gasteiger partial charge in [-0.2, -0.15) is 0 Å². The lowest BCUT2D eigenvalue weighted by Gasteiger charge is -2.43. The lowest BCUT2D eigenvalue weighted by atomic mass is 10.0. The number of amides is 1. The lowest BCUT2D eigenvalue weighted by molar-refractivity contribution is -0.140. The standard InChI is InChI=1S/C13H25N3O/c1-10(7-14-3)13(17)16-9-12-5-4-6-15(12)8-11(16)2/h10-12,14H,4-9H2,1-3H3. The SMILES string of the molecule is CNCC(C)C(=O)N1CC2CCCN2CC1C. The number of piperazine rings is 1. The monoisotopic (exact) mass is 239 g/mol. The summed E-state index contributed by atoms with van der Waals surface area (Å²) in [4.78, 5) is 17.0. The molecule has 17 heavy (non-hydrogen) atoms. The summed E-state index contributed by atoms with van der Waals surface area (Å²) in [6.45, 7) is 8.20. The first-order chi connectivity index (χ1) is 8.13. The van der Waals surface area contributed by atoms with E-state index in [-0.39, 0.29) is 5.92 Å². The summed E-state index contributed by atoms with van der Waals surface area (Å²) in [5.41, 5.74) is 0. The molecule has 0 aromatic heterocycles. The van der Waals surface area contributed by atoms with E-state index in [1.54, 1.807) is 0 Å². The second kappa shape index (κ2) is 5.36. The van der Waals surface area contributed by atoms with E-state index in [9.17, 15) is 4.79 Å². The Kier molecular flexibility index (Phi) is 4.05. The number of hydrogen-bond acceptors (Lipinski definition) is 3. The van der Waals surface area contributed by atoms with Crippen molar-refractivity contribution in [3.63, 3.8) is 0 Å². The number of hydrogen-bond donors (Lipinski definition) is 1. The Morgan fingerprint density at radius 3 is 2.94 bits per heavy atom. The van der Waals surface area contributed by atoms with Crippen LogP contribution in [0.4, 0.5) is 0 Å². The normalized spacial score (nSPS) is 31.4. The van der Waals surface area contributed by atoms with E-state index in [1.165, 1.54) is 19.4 Å². The fourth-order valence-corrected chi connectivity index (χ4v) is 3.17. The topological polar surface area (TPSA) is 35.6 Å². The minimum Gasteiger partial charge on any atom is -0.337 e. The van der Waals surface area contributed by atoms with E-state index in [0.29, 0.717) is 18.0 Å². The van der Waals surface area contributed by atoms with Gasteiger partial charge >= 0.3 is 0 Å². The van der Waals surface area contributed by atoms with E-state index in [2.05, 4.69) is 22.0 Å². The first kappa shape index (κ1) is 12.8. The van der Waals surface area contributed by atoms with Crippen LogP contribution in [0.15, 0.2) is 0 Å². The van der Waals surface area contributed by atoms with E-state index >= 15 is 0 Å². The van der Waals surface area contributed by atoms with Crippen molar-refractivity contribution in [3.8, 4) is 0 Å². The smallest absolute Gasteiger partial charge is 0.227 e. The van der Waals surface area contributed by atoms with Gasteiger partial charge in [0, 0.05) is 37.6 Å². The Balaban J connectivity index is 1.97. The molecule has 2 aliphatic heterocycles. The van der Waals surface area contributed by atoms with E-state index in [0.717, 1.165) is 19.6 Å². The van der Waals surface area contributed by atoms with Gasteiger partial charge in [-0.1, -0.05) is 6.92 Å². The van der Waals surface area contributed by atoms with Gasteiger partial charge in [0.25, 0.3) is 0 Å². The van der Waals surface area contributed by atoms with Crippen LogP contribution >= 0.6 is 0 Å². The van der Waals surface area contributed by atoms with E-state index in [4.69, 9.17) is 0 Å². The molecule has 0 spiro atoms. The van der Waals surface area contributed by atoms with Gasteiger partial charge in [0.2, 0.25) is 5.91 Å². The van der Waals surface area contributed by atoms with Crippen LogP contribution in [-0.2, 0) is 4.79 Å². The quantitative estimate of drug-likeness (QED) is 0.781. The van der Waals surface area contributed by atoms with Gasteiger partial charge in [-0.3, -0.25) is 9.69 Å². The second-order valence-corrected chi connectivity index (χ2v) is 5.59. The minimum atomic E-state index is 0.0930. The molecule has 0 aromatic carbocycles. The molecule has 0 saturated carbocycles. The largest absolute Gasteiger partial charge is 0.337 e. The summed E-state index contributed by atoms with van der Waals surface area (Å²) in [7, 11) is 1.90. The van der Waals surface area contributed by atoms with Crippen molar-refractivity contribution in [2.24, 2.45) is 5.92 Å². The van der Waals surface area contributed by atoms with Gasteiger partial charge in [0.1, 0.15) is 0 Å². The number of rotatable bonds is 3. The van der Waals surface area contributed by atoms with Crippen LogP contribution in [-0.4, -0.2) is 61.0 Å². The van der Waals surface area contributed by atoms with Crippen molar-refractivity contribution >= 4 is 5.91 Å². The van der Waals surface area contributed by atoms with Gasteiger partial charge in [-0.25, -0.2) is 0 Å². The molecule has 98 valence electrons. The zero-order valence-corrected chi connectivity index (χ0v) is 11.3. The molecule has 0 bridgehead atoms. The number of nitrogens with zero attached hydrogens (tertiary/aromatic N) is 2. The maximum absolute atomic E-state index is 12.4. The molecule has 2 rings (SSSR count). The molecule has 2 heterocycles. The molecule has 3 unspecified atom stereocenters. The highest BCUT2D eigenvalue weighted by molar-refractivity contribution is 5.79. The molecule has 4 heteroatoms.